The van der Waals surface area contributed by atoms with Crippen molar-refractivity contribution in [3.63, 3.8) is 0 Å². The lowest BCUT2D eigenvalue weighted by Crippen LogP contribution is -2.41. The van der Waals surface area contributed by atoms with Crippen LogP contribution in [0.1, 0.15) is 5.56 Å². The minimum Gasteiger partial charge on any atom is -0.346 e. The first-order chi connectivity index (χ1) is 9.57. The number of carbonyl (C=O) groups is 1. The van der Waals surface area contributed by atoms with Gasteiger partial charge in [-0.15, -0.1) is 0 Å². The molecule has 0 heterocycles. The van der Waals surface area contributed by atoms with Gasteiger partial charge in [0, 0.05) is 0 Å². The van der Waals surface area contributed by atoms with Gasteiger partial charge < -0.3 is 5.32 Å². The quantitative estimate of drug-likeness (QED) is 0.763. The van der Waals surface area contributed by atoms with Crippen LogP contribution in [0.4, 0.5) is 17.6 Å². The molecule has 0 aliphatic heterocycles. The van der Waals surface area contributed by atoms with Gasteiger partial charge in [-0.25, -0.2) is 17.5 Å². The lowest BCUT2D eigenvalue weighted by molar-refractivity contribution is -0.137. The molecule has 0 spiro atoms. The Morgan fingerprint density at radius 2 is 1.71 bits per heavy atom. The number of halogens is 4. The van der Waals surface area contributed by atoms with E-state index < -0.39 is 46.8 Å². The number of nitrogens with one attached hydrogen (secondary N) is 2. The van der Waals surface area contributed by atoms with E-state index in [1.807, 2.05) is 4.72 Å². The molecule has 0 aliphatic rings. The Kier molecular flexibility index (Phi) is 5.67. The van der Waals surface area contributed by atoms with Crippen LogP contribution in [0.25, 0.3) is 0 Å². The SMILES string of the molecule is O=C(CNS(=O)(=O)Cc1ccc(F)cc1)NCC(F)(F)F. The van der Waals surface area contributed by atoms with E-state index >= 15 is 0 Å². The van der Waals surface area contributed by atoms with Gasteiger partial charge >= 0.3 is 6.18 Å². The van der Waals surface area contributed by atoms with Crippen molar-refractivity contribution in [1.82, 2.24) is 10.0 Å². The summed E-state index contributed by atoms with van der Waals surface area (Å²) in [5.41, 5.74) is 0.277. The van der Waals surface area contributed by atoms with E-state index in [0.717, 1.165) is 12.1 Å². The largest absolute Gasteiger partial charge is 0.405 e. The van der Waals surface area contributed by atoms with E-state index in [9.17, 15) is 30.8 Å². The van der Waals surface area contributed by atoms with Gasteiger partial charge in [-0.1, -0.05) is 12.1 Å². The number of hydrogen-bond acceptors (Lipinski definition) is 3. The summed E-state index contributed by atoms with van der Waals surface area (Å²) >= 11 is 0. The first-order valence-corrected chi connectivity index (χ1v) is 7.28. The molecule has 21 heavy (non-hydrogen) atoms. The third-order valence-electron chi connectivity index (χ3n) is 2.21. The molecule has 5 nitrogen and oxygen atoms in total. The minimum absolute atomic E-state index is 0.277. The van der Waals surface area contributed by atoms with Crippen molar-refractivity contribution < 1.29 is 30.8 Å². The van der Waals surface area contributed by atoms with Crippen molar-refractivity contribution in [1.29, 1.82) is 0 Å². The molecule has 0 saturated heterocycles. The van der Waals surface area contributed by atoms with E-state index in [4.69, 9.17) is 0 Å². The lowest BCUT2D eigenvalue weighted by atomic mass is 10.2. The van der Waals surface area contributed by atoms with Crippen LogP contribution in [0.3, 0.4) is 0 Å². The summed E-state index contributed by atoms with van der Waals surface area (Å²) in [5, 5.41) is 1.53. The zero-order valence-corrected chi connectivity index (χ0v) is 11.4. The molecule has 0 bridgehead atoms. The Morgan fingerprint density at radius 1 is 1.14 bits per heavy atom. The average Bonchev–Trinajstić information content (AvgIpc) is 2.36. The molecule has 2 N–H and O–H groups in total. The highest BCUT2D eigenvalue weighted by Gasteiger charge is 2.27. The fraction of sp³-hybridized carbons (Fsp3) is 0.364. The molecule has 0 saturated carbocycles. The third-order valence-corrected chi connectivity index (χ3v) is 3.51. The van der Waals surface area contributed by atoms with Gasteiger partial charge in [-0.2, -0.15) is 13.2 Å². The van der Waals surface area contributed by atoms with Crippen LogP contribution in [-0.2, 0) is 20.6 Å². The highest BCUT2D eigenvalue weighted by Crippen LogP contribution is 2.12. The zero-order valence-electron chi connectivity index (χ0n) is 10.6. The van der Waals surface area contributed by atoms with Crippen LogP contribution in [-0.4, -0.2) is 33.6 Å². The Morgan fingerprint density at radius 3 is 2.24 bits per heavy atom. The molecule has 0 atom stereocenters. The number of rotatable bonds is 6. The van der Waals surface area contributed by atoms with Crippen molar-refractivity contribution in [2.75, 3.05) is 13.1 Å². The van der Waals surface area contributed by atoms with Gasteiger partial charge in [-0.3, -0.25) is 4.79 Å². The Labute approximate surface area is 118 Å². The summed E-state index contributed by atoms with van der Waals surface area (Å²) in [6, 6.07) is 4.64. The second-order valence-corrected chi connectivity index (χ2v) is 5.91. The predicted octanol–water partition coefficient (Wildman–Crippen LogP) is 0.924. The average molecular weight is 328 g/mol. The molecule has 0 aromatic heterocycles. The molecular formula is C11H12F4N2O3S. The van der Waals surface area contributed by atoms with E-state index in [1.54, 1.807) is 0 Å². The second kappa shape index (κ2) is 6.85. The summed E-state index contributed by atoms with van der Waals surface area (Å²) in [5.74, 6) is -2.15. The molecule has 10 heteroatoms. The number of sulfonamides is 1. The fourth-order valence-electron chi connectivity index (χ4n) is 1.29. The van der Waals surface area contributed by atoms with Crippen molar-refractivity contribution in [2.45, 2.75) is 11.9 Å². The monoisotopic (exact) mass is 328 g/mol. The van der Waals surface area contributed by atoms with E-state index in [1.165, 1.54) is 17.4 Å². The van der Waals surface area contributed by atoms with Gasteiger partial charge in [0.2, 0.25) is 15.9 Å². The van der Waals surface area contributed by atoms with Crippen molar-refractivity contribution >= 4 is 15.9 Å². The Balaban J connectivity index is 2.46. The molecule has 118 valence electrons. The van der Waals surface area contributed by atoms with E-state index in [2.05, 4.69) is 0 Å². The van der Waals surface area contributed by atoms with E-state index in [-0.39, 0.29) is 5.56 Å². The fourth-order valence-corrected chi connectivity index (χ4v) is 2.37. The van der Waals surface area contributed by atoms with Gasteiger partial charge in [0.1, 0.15) is 12.4 Å². The maximum atomic E-state index is 12.6. The van der Waals surface area contributed by atoms with Crippen LogP contribution >= 0.6 is 0 Å². The molecule has 1 aromatic rings. The summed E-state index contributed by atoms with van der Waals surface area (Å²) < 4.78 is 73.1. The number of amides is 1. The molecule has 0 aliphatic carbocycles. The third kappa shape index (κ3) is 7.61. The second-order valence-electron chi connectivity index (χ2n) is 4.10. The summed E-state index contributed by atoms with van der Waals surface area (Å²) in [7, 11) is -3.91. The number of hydrogen-bond donors (Lipinski definition) is 2. The van der Waals surface area contributed by atoms with E-state index in [0.29, 0.717) is 0 Å². The topological polar surface area (TPSA) is 75.3 Å². The van der Waals surface area contributed by atoms with Crippen LogP contribution in [0.2, 0.25) is 0 Å². The molecule has 0 radical (unpaired) electrons. The molecular weight excluding hydrogens is 316 g/mol. The number of alkyl halides is 3. The van der Waals surface area contributed by atoms with Crippen molar-refractivity contribution in [3.8, 4) is 0 Å². The Hall–Kier alpha value is -1.68. The summed E-state index contributed by atoms with van der Waals surface area (Å²) in [4.78, 5) is 11.0. The summed E-state index contributed by atoms with van der Waals surface area (Å²) in [6.07, 6.45) is -4.57. The standard InChI is InChI=1S/C11H12F4N2O3S/c12-9-3-1-8(2-4-9)6-21(19,20)17-5-10(18)16-7-11(13,14)15/h1-4,17H,5-7H2,(H,16,18). The van der Waals surface area contributed by atoms with Gasteiger partial charge in [-0.05, 0) is 17.7 Å². The summed E-state index contributed by atoms with van der Waals surface area (Å²) in [6.45, 7) is -2.34. The first kappa shape index (κ1) is 17.4. The molecule has 0 unspecified atom stereocenters. The molecule has 1 aromatic carbocycles. The molecule has 1 rings (SSSR count). The van der Waals surface area contributed by atoms with Crippen LogP contribution < -0.4 is 10.0 Å². The van der Waals surface area contributed by atoms with Gasteiger partial charge in [0.15, 0.2) is 0 Å². The van der Waals surface area contributed by atoms with Gasteiger partial charge in [0.05, 0.1) is 12.3 Å². The van der Waals surface area contributed by atoms with Gasteiger partial charge in [0.25, 0.3) is 0 Å². The normalized spacial score (nSPS) is 12.2. The zero-order chi connectivity index (χ0) is 16.1. The smallest absolute Gasteiger partial charge is 0.346 e. The van der Waals surface area contributed by atoms with Crippen molar-refractivity contribution in [2.24, 2.45) is 0 Å². The first-order valence-electron chi connectivity index (χ1n) is 5.63. The van der Waals surface area contributed by atoms with Crippen LogP contribution in [0.15, 0.2) is 24.3 Å². The number of carbonyl (C=O) groups excluding carboxylic acids is 1. The predicted molar refractivity (Wildman–Crippen MR) is 66.1 cm³/mol. The van der Waals surface area contributed by atoms with Crippen molar-refractivity contribution in [3.05, 3.63) is 35.6 Å². The van der Waals surface area contributed by atoms with Crippen LogP contribution in [0.5, 0.6) is 0 Å². The maximum Gasteiger partial charge on any atom is 0.405 e. The van der Waals surface area contributed by atoms with Crippen LogP contribution in [0, 0.1) is 5.82 Å². The highest BCUT2D eigenvalue weighted by molar-refractivity contribution is 7.88. The highest BCUT2D eigenvalue weighted by atomic mass is 32.2. The molecule has 0 fully saturated rings. The number of benzene rings is 1. The molecule has 1 amide bonds. The maximum absolute atomic E-state index is 12.6. The minimum atomic E-state index is -4.57. The Bertz CT molecular complexity index is 584. The lowest BCUT2D eigenvalue weighted by Gasteiger charge is -2.09.